The van der Waals surface area contributed by atoms with E-state index in [1.54, 1.807) is 24.3 Å². The first-order chi connectivity index (χ1) is 15.5. The normalized spacial score (nSPS) is 20.6. The Morgan fingerprint density at radius 2 is 1.66 bits per heavy atom. The summed E-state index contributed by atoms with van der Waals surface area (Å²) in [5, 5.41) is 5.98. The number of nitrogens with zero attached hydrogens (tertiary/aromatic N) is 3. The van der Waals surface area contributed by atoms with Crippen LogP contribution in [0.25, 0.3) is 0 Å². The largest absolute Gasteiger partial charge is 0.342 e. The van der Waals surface area contributed by atoms with E-state index in [1.165, 1.54) is 12.4 Å². The molecule has 2 aromatic heterocycles. The van der Waals surface area contributed by atoms with Crippen LogP contribution in [-0.4, -0.2) is 45.7 Å². The molecule has 0 aromatic carbocycles. The number of hydrogen-bond donors (Lipinski definition) is 2. The molecule has 9 heteroatoms. The summed E-state index contributed by atoms with van der Waals surface area (Å²) in [5.41, 5.74) is 0.453. The molecule has 2 aromatic rings. The molecule has 0 bridgehead atoms. The minimum Gasteiger partial charge on any atom is -0.342 e. The maximum atomic E-state index is 12.9. The van der Waals surface area contributed by atoms with Gasteiger partial charge in [-0.25, -0.2) is 9.97 Å². The molecule has 2 N–H and O–H groups in total. The average Bonchev–Trinajstić information content (AvgIpc) is 3.35. The van der Waals surface area contributed by atoms with E-state index in [2.05, 4.69) is 20.6 Å². The molecule has 1 saturated heterocycles. The summed E-state index contributed by atoms with van der Waals surface area (Å²) >= 11 is 5.82. The highest BCUT2D eigenvalue weighted by molar-refractivity contribution is 6.30. The van der Waals surface area contributed by atoms with Gasteiger partial charge < -0.3 is 15.5 Å². The number of nitrogens with one attached hydrogen (secondary N) is 2. The molecule has 0 atom stereocenters. The summed E-state index contributed by atoms with van der Waals surface area (Å²) in [6.07, 6.45) is 7.85. The molecule has 2 aliphatic rings. The van der Waals surface area contributed by atoms with E-state index in [4.69, 9.17) is 11.6 Å². The highest BCUT2D eigenvalue weighted by Crippen LogP contribution is 2.32. The minimum absolute atomic E-state index is 0.0174. The van der Waals surface area contributed by atoms with Crippen molar-refractivity contribution in [2.45, 2.75) is 38.5 Å². The molecule has 0 radical (unpaired) electrons. The predicted octanol–water partition coefficient (Wildman–Crippen LogP) is 3.75. The van der Waals surface area contributed by atoms with Crippen molar-refractivity contribution in [2.24, 2.45) is 11.8 Å². The summed E-state index contributed by atoms with van der Waals surface area (Å²) in [7, 11) is 0. The second-order valence-electron chi connectivity index (χ2n) is 8.29. The maximum Gasteiger partial charge on any atom is 0.277 e. The van der Waals surface area contributed by atoms with Crippen LogP contribution in [0.5, 0.6) is 0 Å². The monoisotopic (exact) mass is 455 g/mol. The molecule has 2 fully saturated rings. The highest BCUT2D eigenvalue weighted by atomic mass is 35.5. The number of amides is 3. The highest BCUT2D eigenvalue weighted by Gasteiger charge is 2.33. The second-order valence-corrected chi connectivity index (χ2v) is 8.72. The van der Waals surface area contributed by atoms with Crippen LogP contribution < -0.4 is 10.6 Å². The van der Waals surface area contributed by atoms with E-state index in [0.717, 1.165) is 38.8 Å². The van der Waals surface area contributed by atoms with Gasteiger partial charge in [0, 0.05) is 37.3 Å². The van der Waals surface area contributed by atoms with E-state index in [9.17, 15) is 14.4 Å². The van der Waals surface area contributed by atoms with Crippen molar-refractivity contribution >= 4 is 40.8 Å². The molecule has 168 valence electrons. The van der Waals surface area contributed by atoms with Crippen LogP contribution in [0.1, 0.15) is 49.0 Å². The van der Waals surface area contributed by atoms with Gasteiger partial charge in [0.15, 0.2) is 5.69 Å². The number of rotatable bonds is 5. The Hall–Kier alpha value is -3.00. The van der Waals surface area contributed by atoms with Crippen molar-refractivity contribution in [2.75, 3.05) is 23.7 Å². The van der Waals surface area contributed by atoms with E-state index in [1.807, 2.05) is 4.90 Å². The van der Waals surface area contributed by atoms with Gasteiger partial charge in [-0.3, -0.25) is 14.4 Å². The van der Waals surface area contributed by atoms with Crippen molar-refractivity contribution in [1.29, 1.82) is 0 Å². The van der Waals surface area contributed by atoms with Crippen molar-refractivity contribution in [3.05, 3.63) is 47.4 Å². The molecule has 1 aliphatic heterocycles. The Labute approximate surface area is 191 Å². The third kappa shape index (κ3) is 5.24. The lowest BCUT2D eigenvalue weighted by atomic mass is 9.81. The van der Waals surface area contributed by atoms with Crippen molar-refractivity contribution in [3.8, 4) is 0 Å². The van der Waals surface area contributed by atoms with Crippen molar-refractivity contribution in [3.63, 3.8) is 0 Å². The van der Waals surface area contributed by atoms with Crippen LogP contribution in [0.15, 0.2) is 36.7 Å². The van der Waals surface area contributed by atoms with Gasteiger partial charge in [-0.05, 0) is 62.8 Å². The molecule has 0 spiro atoms. The van der Waals surface area contributed by atoms with Crippen LogP contribution in [-0.2, 0) is 9.59 Å². The van der Waals surface area contributed by atoms with Gasteiger partial charge in [0.2, 0.25) is 11.8 Å². The Balaban J connectivity index is 1.35. The zero-order valence-electron chi connectivity index (χ0n) is 17.7. The van der Waals surface area contributed by atoms with Crippen LogP contribution in [0.4, 0.5) is 11.5 Å². The fourth-order valence-electron chi connectivity index (χ4n) is 4.35. The molecule has 1 aliphatic carbocycles. The van der Waals surface area contributed by atoms with Gasteiger partial charge in [-0.1, -0.05) is 11.6 Å². The minimum atomic E-state index is -0.476. The van der Waals surface area contributed by atoms with Crippen LogP contribution in [0.2, 0.25) is 5.02 Å². The number of pyridine rings is 2. The fraction of sp³-hybridized carbons (Fsp3) is 0.435. The van der Waals surface area contributed by atoms with Crippen molar-refractivity contribution in [1.82, 2.24) is 14.9 Å². The van der Waals surface area contributed by atoms with Gasteiger partial charge in [0.1, 0.15) is 5.82 Å². The third-order valence-corrected chi connectivity index (χ3v) is 6.34. The summed E-state index contributed by atoms with van der Waals surface area (Å²) in [6.45, 7) is 1.72. The zero-order valence-corrected chi connectivity index (χ0v) is 18.5. The molecule has 8 nitrogen and oxygen atoms in total. The van der Waals surface area contributed by atoms with Gasteiger partial charge in [-0.2, -0.15) is 0 Å². The second kappa shape index (κ2) is 10.1. The van der Waals surface area contributed by atoms with Crippen LogP contribution in [0, 0.1) is 11.8 Å². The average molecular weight is 456 g/mol. The number of hydrogen-bond acceptors (Lipinski definition) is 5. The number of anilines is 2. The lowest BCUT2D eigenvalue weighted by molar-refractivity contribution is -0.136. The first-order valence-corrected chi connectivity index (χ1v) is 11.4. The summed E-state index contributed by atoms with van der Waals surface area (Å²) in [6, 6.07) is 6.52. The molecule has 3 heterocycles. The SMILES string of the molecule is O=C(Nc1ccc(Cl)cn1)c1ncccc1NC(=O)C1CCC(C(=O)N2CCCC2)CC1. The van der Waals surface area contributed by atoms with Gasteiger partial charge in [0.25, 0.3) is 5.91 Å². The van der Waals surface area contributed by atoms with Crippen molar-refractivity contribution < 1.29 is 14.4 Å². The fourth-order valence-corrected chi connectivity index (χ4v) is 4.46. The lowest BCUT2D eigenvalue weighted by Gasteiger charge is -2.29. The number of carbonyl (C=O) groups is 3. The Morgan fingerprint density at radius 1 is 0.938 bits per heavy atom. The standard InChI is InChI=1S/C23H26ClN5O3/c24-17-9-10-19(26-14-17)28-22(31)20-18(4-3-11-25-20)27-21(30)15-5-7-16(8-6-15)23(32)29-12-1-2-13-29/h3-4,9-11,14-16H,1-2,5-8,12-13H2,(H,27,30)(H,26,28,31). The van der Waals surface area contributed by atoms with E-state index in [-0.39, 0.29) is 29.3 Å². The van der Waals surface area contributed by atoms with E-state index >= 15 is 0 Å². The Bertz CT molecular complexity index is 983. The molecular weight excluding hydrogens is 430 g/mol. The van der Waals surface area contributed by atoms with Gasteiger partial charge in [0.05, 0.1) is 10.7 Å². The van der Waals surface area contributed by atoms with E-state index < -0.39 is 5.91 Å². The maximum absolute atomic E-state index is 12.9. The zero-order chi connectivity index (χ0) is 22.5. The predicted molar refractivity (Wildman–Crippen MR) is 121 cm³/mol. The van der Waals surface area contributed by atoms with Gasteiger partial charge in [-0.15, -0.1) is 0 Å². The topological polar surface area (TPSA) is 104 Å². The molecule has 3 amide bonds. The summed E-state index contributed by atoms with van der Waals surface area (Å²) < 4.78 is 0. The third-order valence-electron chi connectivity index (χ3n) is 6.11. The lowest BCUT2D eigenvalue weighted by Crippen LogP contribution is -2.37. The first kappa shape index (κ1) is 22.2. The number of likely N-dealkylation sites (tertiary alicyclic amines) is 1. The quantitative estimate of drug-likeness (QED) is 0.714. The Kier molecular flexibility index (Phi) is 6.99. The van der Waals surface area contributed by atoms with E-state index in [0.29, 0.717) is 29.4 Å². The molecule has 0 unspecified atom stereocenters. The number of aromatic nitrogens is 2. The number of halogens is 1. The molecule has 1 saturated carbocycles. The van der Waals surface area contributed by atoms with Gasteiger partial charge >= 0.3 is 0 Å². The number of carbonyl (C=O) groups excluding carboxylic acids is 3. The molecule has 32 heavy (non-hydrogen) atoms. The first-order valence-electron chi connectivity index (χ1n) is 11.0. The summed E-state index contributed by atoms with van der Waals surface area (Å²) in [5.74, 6) is -0.221. The smallest absolute Gasteiger partial charge is 0.277 e. The summed E-state index contributed by atoms with van der Waals surface area (Å²) in [4.78, 5) is 48.3. The van der Waals surface area contributed by atoms with Crippen LogP contribution in [0.3, 0.4) is 0 Å². The molecular formula is C23H26ClN5O3. The Morgan fingerprint density at radius 3 is 2.34 bits per heavy atom. The molecule has 4 rings (SSSR count). The van der Waals surface area contributed by atoms with Crippen LogP contribution >= 0.6 is 11.6 Å².